The molecule has 0 aliphatic rings. The largest absolute Gasteiger partial charge is 0.323 e. The Morgan fingerprint density at radius 2 is 1.67 bits per heavy atom. The molecule has 3 heterocycles. The Morgan fingerprint density at radius 1 is 0.944 bits per heavy atom. The van der Waals surface area contributed by atoms with Crippen LogP contribution in [0, 0.1) is 13.8 Å². The summed E-state index contributed by atoms with van der Waals surface area (Å²) in [6, 6.07) is 10.7. The van der Waals surface area contributed by atoms with Crippen molar-refractivity contribution in [1.82, 2.24) is 4.40 Å². The van der Waals surface area contributed by atoms with Gasteiger partial charge in [0.05, 0.1) is 11.1 Å². The van der Waals surface area contributed by atoms with E-state index in [9.17, 15) is 0 Å². The number of aromatic nitrogens is 2. The molecule has 0 saturated carbocycles. The zero-order valence-electron chi connectivity index (χ0n) is 11.0. The van der Waals surface area contributed by atoms with Gasteiger partial charge in [-0.25, -0.2) is 4.57 Å². The smallest absolute Gasteiger partial charge is 0.214 e. The molecule has 3 aromatic rings. The van der Waals surface area contributed by atoms with E-state index < -0.39 is 0 Å². The first-order valence-corrected chi connectivity index (χ1v) is 6.20. The minimum absolute atomic E-state index is 1.25. The van der Waals surface area contributed by atoms with Gasteiger partial charge in [-0.1, -0.05) is 0 Å². The molecule has 0 N–H and O–H groups in total. The lowest BCUT2D eigenvalue weighted by molar-refractivity contribution is -0.660. The van der Waals surface area contributed by atoms with Gasteiger partial charge < -0.3 is 4.40 Å². The fourth-order valence-corrected chi connectivity index (χ4v) is 2.57. The van der Waals surface area contributed by atoms with Crippen molar-refractivity contribution < 1.29 is 4.57 Å². The molecular formula is C16H17N2+. The predicted octanol–water partition coefficient (Wildman–Crippen LogP) is 3.05. The number of pyridine rings is 2. The van der Waals surface area contributed by atoms with Crippen molar-refractivity contribution in [1.29, 1.82) is 0 Å². The Hall–Kier alpha value is -2.09. The fraction of sp³-hybridized carbons (Fsp3) is 0.188. The normalized spacial score (nSPS) is 11.1. The molecule has 0 bridgehead atoms. The quantitative estimate of drug-likeness (QED) is 0.575. The van der Waals surface area contributed by atoms with Crippen LogP contribution >= 0.6 is 0 Å². The van der Waals surface area contributed by atoms with Crippen LogP contribution in [0.2, 0.25) is 0 Å². The predicted molar refractivity (Wildman–Crippen MR) is 73.5 cm³/mol. The van der Waals surface area contributed by atoms with Gasteiger partial charge >= 0.3 is 0 Å². The molecule has 90 valence electrons. The summed E-state index contributed by atoms with van der Waals surface area (Å²) in [4.78, 5) is 0. The van der Waals surface area contributed by atoms with Gasteiger partial charge in [0.1, 0.15) is 7.05 Å². The van der Waals surface area contributed by atoms with Crippen LogP contribution in [0.25, 0.3) is 16.8 Å². The van der Waals surface area contributed by atoms with Crippen molar-refractivity contribution in [2.45, 2.75) is 13.8 Å². The molecule has 3 aromatic heterocycles. The number of hydrogen-bond acceptors (Lipinski definition) is 0. The van der Waals surface area contributed by atoms with Crippen LogP contribution in [0.1, 0.15) is 11.1 Å². The molecule has 0 amide bonds. The van der Waals surface area contributed by atoms with Gasteiger partial charge in [-0.3, -0.25) is 0 Å². The summed E-state index contributed by atoms with van der Waals surface area (Å²) >= 11 is 0. The van der Waals surface area contributed by atoms with Crippen LogP contribution < -0.4 is 4.57 Å². The lowest BCUT2D eigenvalue weighted by atomic mass is 10.0. The highest BCUT2D eigenvalue weighted by atomic mass is 14.9. The third-order valence-electron chi connectivity index (χ3n) is 3.54. The van der Waals surface area contributed by atoms with Crippen LogP contribution in [0.3, 0.4) is 0 Å². The van der Waals surface area contributed by atoms with Gasteiger partial charge in [-0.15, -0.1) is 0 Å². The first-order valence-electron chi connectivity index (χ1n) is 6.20. The molecule has 0 spiro atoms. The second-order valence-corrected chi connectivity index (χ2v) is 4.83. The lowest BCUT2D eigenvalue weighted by Crippen LogP contribution is -2.30. The minimum Gasteiger partial charge on any atom is -0.323 e. The van der Waals surface area contributed by atoms with Crippen LogP contribution in [0.4, 0.5) is 0 Å². The molecule has 2 nitrogen and oxygen atoms in total. The molecule has 3 rings (SSSR count). The van der Waals surface area contributed by atoms with E-state index in [1.54, 1.807) is 0 Å². The van der Waals surface area contributed by atoms with E-state index in [4.69, 9.17) is 0 Å². The maximum absolute atomic E-state index is 2.20. The van der Waals surface area contributed by atoms with Gasteiger partial charge in [0.15, 0.2) is 6.20 Å². The average molecular weight is 237 g/mol. The topological polar surface area (TPSA) is 8.29 Å². The summed E-state index contributed by atoms with van der Waals surface area (Å²) in [5.41, 5.74) is 6.51. The first-order chi connectivity index (χ1) is 8.68. The SMILES string of the molecule is Cc1ccn2ccc(C)c2c1-c1cccc[n+]1C. The zero-order valence-corrected chi connectivity index (χ0v) is 11.0. The Balaban J connectivity index is 2.45. The van der Waals surface area contributed by atoms with Gasteiger partial charge in [-0.05, 0) is 43.2 Å². The van der Waals surface area contributed by atoms with Crippen molar-refractivity contribution in [2.24, 2.45) is 7.05 Å². The number of aryl methyl sites for hydroxylation is 3. The van der Waals surface area contributed by atoms with Crippen molar-refractivity contribution in [2.75, 3.05) is 0 Å². The standard InChI is InChI=1S/C16H17N2/c1-12-7-10-18-11-8-13(2)16(18)15(12)14-6-4-5-9-17(14)3/h4-11H,1-3H3/q+1. The highest BCUT2D eigenvalue weighted by Gasteiger charge is 2.16. The Labute approximate surface area is 107 Å². The van der Waals surface area contributed by atoms with Crippen molar-refractivity contribution >= 4 is 5.52 Å². The third kappa shape index (κ3) is 1.53. The van der Waals surface area contributed by atoms with Crippen LogP contribution in [-0.4, -0.2) is 4.40 Å². The molecule has 0 saturated heterocycles. The molecule has 0 radical (unpaired) electrons. The van der Waals surface area contributed by atoms with Crippen LogP contribution in [0.15, 0.2) is 48.9 Å². The van der Waals surface area contributed by atoms with Crippen molar-refractivity contribution in [3.05, 3.63) is 60.0 Å². The second kappa shape index (κ2) is 3.98. The number of fused-ring (bicyclic) bond motifs is 1. The van der Waals surface area contributed by atoms with Crippen molar-refractivity contribution in [3.8, 4) is 11.3 Å². The molecule has 18 heavy (non-hydrogen) atoms. The summed E-state index contributed by atoms with van der Waals surface area (Å²) in [5.74, 6) is 0. The second-order valence-electron chi connectivity index (χ2n) is 4.83. The molecule has 0 aliphatic carbocycles. The molecular weight excluding hydrogens is 220 g/mol. The molecule has 0 fully saturated rings. The van der Waals surface area contributed by atoms with Gasteiger partial charge in [0.2, 0.25) is 5.69 Å². The van der Waals surface area contributed by atoms with E-state index in [1.165, 1.54) is 27.9 Å². The minimum atomic E-state index is 1.25. The molecule has 0 aliphatic heterocycles. The molecule has 2 heteroatoms. The first kappa shape index (κ1) is 11.0. The molecule has 0 atom stereocenters. The van der Waals surface area contributed by atoms with E-state index in [0.29, 0.717) is 0 Å². The third-order valence-corrected chi connectivity index (χ3v) is 3.54. The van der Waals surface area contributed by atoms with Gasteiger partial charge in [0.25, 0.3) is 0 Å². The summed E-state index contributed by atoms with van der Waals surface area (Å²) in [5, 5.41) is 0. The Morgan fingerprint density at radius 3 is 2.39 bits per heavy atom. The molecule has 0 aromatic carbocycles. The van der Waals surface area contributed by atoms with Gasteiger partial charge in [-0.2, -0.15) is 0 Å². The number of hydrogen-bond donors (Lipinski definition) is 0. The summed E-state index contributed by atoms with van der Waals surface area (Å²) in [7, 11) is 2.09. The van der Waals surface area contributed by atoms with Crippen LogP contribution in [-0.2, 0) is 7.05 Å². The lowest BCUT2D eigenvalue weighted by Gasteiger charge is -2.08. The summed E-state index contributed by atoms with van der Waals surface area (Å²) < 4.78 is 4.37. The number of rotatable bonds is 1. The maximum Gasteiger partial charge on any atom is 0.214 e. The van der Waals surface area contributed by atoms with Crippen LogP contribution in [0.5, 0.6) is 0 Å². The van der Waals surface area contributed by atoms with E-state index in [2.05, 4.69) is 78.8 Å². The van der Waals surface area contributed by atoms with Crippen molar-refractivity contribution in [3.63, 3.8) is 0 Å². The van der Waals surface area contributed by atoms with E-state index >= 15 is 0 Å². The number of nitrogens with zero attached hydrogens (tertiary/aromatic N) is 2. The van der Waals surface area contributed by atoms with E-state index in [1.807, 2.05) is 0 Å². The monoisotopic (exact) mass is 237 g/mol. The zero-order chi connectivity index (χ0) is 12.7. The van der Waals surface area contributed by atoms with E-state index in [0.717, 1.165) is 0 Å². The average Bonchev–Trinajstić information content (AvgIpc) is 2.73. The maximum atomic E-state index is 2.20. The van der Waals surface area contributed by atoms with E-state index in [-0.39, 0.29) is 0 Å². The highest BCUT2D eigenvalue weighted by Crippen LogP contribution is 2.28. The Bertz CT molecular complexity index is 723. The van der Waals surface area contributed by atoms with Gasteiger partial charge in [0, 0.05) is 24.5 Å². The fourth-order valence-electron chi connectivity index (χ4n) is 2.57. The molecule has 0 unspecified atom stereocenters. The summed E-state index contributed by atoms with van der Waals surface area (Å²) in [6.45, 7) is 4.34. The highest BCUT2D eigenvalue weighted by molar-refractivity contribution is 5.82. The summed E-state index contributed by atoms with van der Waals surface area (Å²) in [6.07, 6.45) is 6.34. The Kier molecular flexibility index (Phi) is 2.44.